The molecule has 1 N–H and O–H groups in total. The zero-order valence-corrected chi connectivity index (χ0v) is 15.4. The molecule has 0 saturated heterocycles. The maximum absolute atomic E-state index is 6.17. The standard InChI is InChI=1S/C19H20ClN5O/c1-3-25(13-14-7-5-4-6-8-14)19-23-18(12-21-24-19)22-15-9-10-17(26-2)16(20)11-15/h4-12H,3,13H2,1-2H3,(H,22,23,24). The van der Waals surface area contributed by atoms with Crippen LogP contribution in [0, 0.1) is 0 Å². The van der Waals surface area contributed by atoms with E-state index in [-0.39, 0.29) is 0 Å². The number of anilines is 3. The number of rotatable bonds is 7. The van der Waals surface area contributed by atoms with Gasteiger partial charge in [0.25, 0.3) is 0 Å². The number of hydrogen-bond acceptors (Lipinski definition) is 6. The Bertz CT molecular complexity index is 860. The first-order valence-corrected chi connectivity index (χ1v) is 8.66. The van der Waals surface area contributed by atoms with Gasteiger partial charge in [-0.05, 0) is 30.7 Å². The van der Waals surface area contributed by atoms with Gasteiger partial charge in [0, 0.05) is 18.8 Å². The summed E-state index contributed by atoms with van der Waals surface area (Å²) < 4.78 is 5.17. The topological polar surface area (TPSA) is 63.2 Å². The Morgan fingerprint density at radius 3 is 2.65 bits per heavy atom. The number of nitrogens with one attached hydrogen (secondary N) is 1. The summed E-state index contributed by atoms with van der Waals surface area (Å²) in [4.78, 5) is 6.64. The highest BCUT2D eigenvalue weighted by molar-refractivity contribution is 6.32. The van der Waals surface area contributed by atoms with Gasteiger partial charge in [0.05, 0.1) is 18.3 Å². The third-order valence-corrected chi connectivity index (χ3v) is 4.15. The van der Waals surface area contributed by atoms with Gasteiger partial charge in [0.15, 0.2) is 5.82 Å². The van der Waals surface area contributed by atoms with Crippen LogP contribution in [0.3, 0.4) is 0 Å². The van der Waals surface area contributed by atoms with Crippen LogP contribution in [0.1, 0.15) is 12.5 Å². The summed E-state index contributed by atoms with van der Waals surface area (Å²) in [5.41, 5.74) is 1.99. The number of benzene rings is 2. The van der Waals surface area contributed by atoms with Crippen molar-refractivity contribution in [2.24, 2.45) is 0 Å². The van der Waals surface area contributed by atoms with E-state index in [1.807, 2.05) is 24.3 Å². The van der Waals surface area contributed by atoms with E-state index < -0.39 is 0 Å². The van der Waals surface area contributed by atoms with Crippen LogP contribution < -0.4 is 15.0 Å². The van der Waals surface area contributed by atoms with Gasteiger partial charge >= 0.3 is 0 Å². The van der Waals surface area contributed by atoms with E-state index in [1.54, 1.807) is 25.4 Å². The molecule has 0 unspecified atom stereocenters. The summed E-state index contributed by atoms with van der Waals surface area (Å²) in [5.74, 6) is 1.79. The molecule has 26 heavy (non-hydrogen) atoms. The molecule has 134 valence electrons. The summed E-state index contributed by atoms with van der Waals surface area (Å²) >= 11 is 6.17. The van der Waals surface area contributed by atoms with Crippen molar-refractivity contribution in [3.63, 3.8) is 0 Å². The second kappa shape index (κ2) is 8.49. The summed E-state index contributed by atoms with van der Waals surface area (Å²) in [6, 6.07) is 15.7. The number of ether oxygens (including phenoxy) is 1. The lowest BCUT2D eigenvalue weighted by Crippen LogP contribution is -2.24. The Labute approximate surface area is 157 Å². The number of hydrogen-bond donors (Lipinski definition) is 1. The molecular formula is C19H20ClN5O. The molecular weight excluding hydrogens is 350 g/mol. The minimum atomic E-state index is 0.527. The largest absolute Gasteiger partial charge is 0.495 e. The summed E-state index contributed by atoms with van der Waals surface area (Å²) in [5, 5.41) is 12.0. The summed E-state index contributed by atoms with van der Waals surface area (Å²) in [6.45, 7) is 3.56. The molecule has 2 aromatic carbocycles. The highest BCUT2D eigenvalue weighted by Gasteiger charge is 2.11. The molecule has 0 saturated carbocycles. The lowest BCUT2D eigenvalue weighted by atomic mass is 10.2. The molecule has 3 aromatic rings. The third kappa shape index (κ3) is 4.40. The van der Waals surface area contributed by atoms with Crippen molar-refractivity contribution >= 4 is 29.1 Å². The molecule has 6 nitrogen and oxygen atoms in total. The van der Waals surface area contributed by atoms with Crippen molar-refractivity contribution in [3.05, 3.63) is 65.3 Å². The summed E-state index contributed by atoms with van der Waals surface area (Å²) in [7, 11) is 1.58. The van der Waals surface area contributed by atoms with Crippen LogP contribution in [0.4, 0.5) is 17.5 Å². The summed E-state index contributed by atoms with van der Waals surface area (Å²) in [6.07, 6.45) is 1.58. The molecule has 3 rings (SSSR count). The fourth-order valence-electron chi connectivity index (χ4n) is 2.51. The van der Waals surface area contributed by atoms with Crippen LogP contribution in [0.15, 0.2) is 54.7 Å². The number of halogens is 1. The van der Waals surface area contributed by atoms with Crippen LogP contribution in [-0.2, 0) is 6.54 Å². The first kappa shape index (κ1) is 17.9. The zero-order valence-electron chi connectivity index (χ0n) is 14.7. The molecule has 0 aliphatic heterocycles. The second-order valence-electron chi connectivity index (χ2n) is 5.62. The predicted molar refractivity (Wildman–Crippen MR) is 104 cm³/mol. The van der Waals surface area contributed by atoms with Crippen molar-refractivity contribution < 1.29 is 4.74 Å². The first-order valence-electron chi connectivity index (χ1n) is 8.28. The molecule has 0 aliphatic rings. The van der Waals surface area contributed by atoms with Crippen LogP contribution >= 0.6 is 11.6 Å². The molecule has 0 aliphatic carbocycles. The van der Waals surface area contributed by atoms with E-state index in [2.05, 4.69) is 44.5 Å². The van der Waals surface area contributed by atoms with E-state index in [1.165, 1.54) is 5.56 Å². The Kier molecular flexibility index (Phi) is 5.86. The average molecular weight is 370 g/mol. The fraction of sp³-hybridized carbons (Fsp3) is 0.211. The van der Waals surface area contributed by atoms with E-state index in [4.69, 9.17) is 16.3 Å². The Morgan fingerprint density at radius 1 is 1.15 bits per heavy atom. The quantitative estimate of drug-likeness (QED) is 0.669. The molecule has 7 heteroatoms. The van der Waals surface area contributed by atoms with Gasteiger partial charge in [0.2, 0.25) is 5.95 Å². The molecule has 1 aromatic heterocycles. The van der Waals surface area contributed by atoms with Crippen LogP contribution in [0.2, 0.25) is 5.02 Å². The third-order valence-electron chi connectivity index (χ3n) is 3.85. The minimum absolute atomic E-state index is 0.527. The molecule has 0 fully saturated rings. The van der Waals surface area contributed by atoms with Crippen molar-refractivity contribution in [2.75, 3.05) is 23.9 Å². The molecule has 0 bridgehead atoms. The smallest absolute Gasteiger partial charge is 0.247 e. The van der Waals surface area contributed by atoms with Crippen molar-refractivity contribution in [3.8, 4) is 5.75 Å². The lowest BCUT2D eigenvalue weighted by Gasteiger charge is -2.20. The van der Waals surface area contributed by atoms with Crippen molar-refractivity contribution in [1.29, 1.82) is 0 Å². The molecule has 0 atom stereocenters. The van der Waals surface area contributed by atoms with E-state index in [0.29, 0.717) is 22.5 Å². The Morgan fingerprint density at radius 2 is 1.96 bits per heavy atom. The van der Waals surface area contributed by atoms with Crippen molar-refractivity contribution in [2.45, 2.75) is 13.5 Å². The van der Waals surface area contributed by atoms with Gasteiger partial charge in [-0.2, -0.15) is 10.1 Å². The highest BCUT2D eigenvalue weighted by atomic mass is 35.5. The van der Waals surface area contributed by atoms with Gasteiger partial charge in [-0.15, -0.1) is 5.10 Å². The number of aromatic nitrogens is 3. The number of nitrogens with zero attached hydrogens (tertiary/aromatic N) is 4. The monoisotopic (exact) mass is 369 g/mol. The van der Waals surface area contributed by atoms with E-state index in [9.17, 15) is 0 Å². The maximum Gasteiger partial charge on any atom is 0.247 e. The average Bonchev–Trinajstić information content (AvgIpc) is 2.67. The zero-order chi connectivity index (χ0) is 18.4. The van der Waals surface area contributed by atoms with Crippen molar-refractivity contribution in [1.82, 2.24) is 15.2 Å². The minimum Gasteiger partial charge on any atom is -0.495 e. The highest BCUT2D eigenvalue weighted by Crippen LogP contribution is 2.28. The molecule has 1 heterocycles. The maximum atomic E-state index is 6.17. The molecule has 0 spiro atoms. The Hall–Kier alpha value is -2.86. The van der Waals surface area contributed by atoms with Crippen LogP contribution in [0.5, 0.6) is 5.75 Å². The normalized spacial score (nSPS) is 10.4. The molecule has 0 amide bonds. The van der Waals surface area contributed by atoms with E-state index >= 15 is 0 Å². The fourth-order valence-corrected chi connectivity index (χ4v) is 2.77. The first-order chi connectivity index (χ1) is 12.7. The van der Waals surface area contributed by atoms with Gasteiger partial charge in [-0.1, -0.05) is 41.9 Å². The van der Waals surface area contributed by atoms with Gasteiger partial charge < -0.3 is 15.0 Å². The SMILES string of the molecule is CCN(Cc1ccccc1)c1nncc(Nc2ccc(OC)c(Cl)c2)n1. The second-order valence-corrected chi connectivity index (χ2v) is 6.02. The lowest BCUT2D eigenvalue weighted by molar-refractivity contribution is 0.415. The number of methoxy groups -OCH3 is 1. The van der Waals surface area contributed by atoms with Gasteiger partial charge in [-0.25, -0.2) is 0 Å². The van der Waals surface area contributed by atoms with Gasteiger partial charge in [0.1, 0.15) is 5.75 Å². The van der Waals surface area contributed by atoms with E-state index in [0.717, 1.165) is 18.8 Å². The van der Waals surface area contributed by atoms with Gasteiger partial charge in [-0.3, -0.25) is 0 Å². The predicted octanol–water partition coefficient (Wildman–Crippen LogP) is 4.30. The Balaban J connectivity index is 1.77. The van der Waals surface area contributed by atoms with Crippen LogP contribution in [-0.4, -0.2) is 28.8 Å². The van der Waals surface area contributed by atoms with Crippen LogP contribution in [0.25, 0.3) is 0 Å². The molecule has 0 radical (unpaired) electrons.